The maximum atomic E-state index is 10.7. The van der Waals surface area contributed by atoms with E-state index < -0.39 is 12.0 Å². The van der Waals surface area contributed by atoms with Gasteiger partial charge in [0.1, 0.15) is 11.8 Å². The Labute approximate surface area is 207 Å². The molecule has 196 valence electrons. The first kappa shape index (κ1) is 30.4. The van der Waals surface area contributed by atoms with Gasteiger partial charge in [0.05, 0.1) is 6.61 Å². The summed E-state index contributed by atoms with van der Waals surface area (Å²) in [5.74, 6) is -0.679. The number of hydroxylamine groups is 1. The summed E-state index contributed by atoms with van der Waals surface area (Å²) >= 11 is 0. The predicted octanol–water partition coefficient (Wildman–Crippen LogP) is 6.63. The number of hydrogen-bond donors (Lipinski definition) is 4. The highest BCUT2D eigenvalue weighted by Crippen LogP contribution is 2.24. The molecule has 6 heteroatoms. The second kappa shape index (κ2) is 20.7. The largest absolute Gasteiger partial charge is 0.508 e. The van der Waals surface area contributed by atoms with Crippen molar-refractivity contribution in [1.82, 2.24) is 5.48 Å². The number of nitrogens with two attached hydrogens (primary N) is 1. The molecule has 0 radical (unpaired) electrons. The number of carboxylic acid groups (broad SMARTS) is 1. The molecule has 0 heterocycles. The van der Waals surface area contributed by atoms with Gasteiger partial charge in [0.2, 0.25) is 0 Å². The lowest BCUT2D eigenvalue weighted by molar-refractivity contribution is -0.138. The number of aliphatic carboxylic acids is 1. The maximum absolute atomic E-state index is 10.7. The van der Waals surface area contributed by atoms with Crippen LogP contribution in [0.3, 0.4) is 0 Å². The number of carbonyl (C=O) groups is 1. The Hall–Kier alpha value is -1.63. The molecule has 0 aromatic heterocycles. The van der Waals surface area contributed by atoms with E-state index in [-0.39, 0.29) is 5.75 Å². The Kier molecular flexibility index (Phi) is 18.5. The number of nitrogens with one attached hydrogen (secondary N) is 1. The van der Waals surface area contributed by atoms with Gasteiger partial charge in [-0.25, -0.2) is 5.48 Å². The van der Waals surface area contributed by atoms with Crippen LogP contribution in [0.5, 0.6) is 5.75 Å². The Morgan fingerprint density at radius 1 is 0.912 bits per heavy atom. The van der Waals surface area contributed by atoms with Crippen LogP contribution >= 0.6 is 0 Å². The first-order valence-corrected chi connectivity index (χ1v) is 13.7. The van der Waals surface area contributed by atoms with Gasteiger partial charge in [-0.2, -0.15) is 0 Å². The summed E-state index contributed by atoms with van der Waals surface area (Å²) in [5.41, 5.74) is 10.4. The molecule has 1 rings (SSSR count). The number of hydrogen-bond acceptors (Lipinski definition) is 5. The zero-order valence-corrected chi connectivity index (χ0v) is 21.5. The summed E-state index contributed by atoms with van der Waals surface area (Å²) in [6.07, 6.45) is 20.4. The topological polar surface area (TPSA) is 105 Å². The van der Waals surface area contributed by atoms with Crippen LogP contribution in [0, 0.1) is 0 Å². The standard InChI is InChI=1S/C28H50N2O4/c1-2-3-4-5-6-7-8-9-10-11-12-13-14-18-24-19-17-21-27(31)25(24)23-34-30-22-16-15-20-26(29)28(32)33/h17,19,21,26,30-31H,2-16,18,20,22-23,29H2,1H3,(H,32,33). The fourth-order valence-corrected chi connectivity index (χ4v) is 4.24. The van der Waals surface area contributed by atoms with E-state index in [1.165, 1.54) is 77.0 Å². The zero-order chi connectivity index (χ0) is 24.9. The highest BCUT2D eigenvalue weighted by Gasteiger charge is 2.10. The average Bonchev–Trinajstić information content (AvgIpc) is 2.82. The molecule has 34 heavy (non-hydrogen) atoms. The van der Waals surface area contributed by atoms with Crippen LogP contribution in [0.25, 0.3) is 0 Å². The predicted molar refractivity (Wildman–Crippen MR) is 140 cm³/mol. The Balaban J connectivity index is 2.10. The quantitative estimate of drug-likeness (QED) is 0.104. The molecule has 0 bridgehead atoms. The first-order valence-electron chi connectivity index (χ1n) is 13.7. The molecule has 1 aromatic carbocycles. The molecule has 0 spiro atoms. The summed E-state index contributed by atoms with van der Waals surface area (Å²) in [7, 11) is 0. The smallest absolute Gasteiger partial charge is 0.320 e. The second-order valence-corrected chi connectivity index (χ2v) is 9.53. The fourth-order valence-electron chi connectivity index (χ4n) is 4.24. The molecule has 0 amide bonds. The van der Waals surface area contributed by atoms with Gasteiger partial charge >= 0.3 is 5.97 Å². The van der Waals surface area contributed by atoms with Crippen LogP contribution in [0.4, 0.5) is 0 Å². The van der Waals surface area contributed by atoms with Crippen molar-refractivity contribution < 1.29 is 19.8 Å². The van der Waals surface area contributed by atoms with E-state index in [0.29, 0.717) is 19.6 Å². The molecular formula is C28H50N2O4. The van der Waals surface area contributed by atoms with E-state index in [0.717, 1.165) is 36.8 Å². The van der Waals surface area contributed by atoms with Crippen LogP contribution < -0.4 is 11.2 Å². The summed E-state index contributed by atoms with van der Waals surface area (Å²) in [5, 5.41) is 19.1. The van der Waals surface area contributed by atoms with Crippen molar-refractivity contribution in [3.8, 4) is 5.75 Å². The van der Waals surface area contributed by atoms with E-state index >= 15 is 0 Å². The molecule has 0 aliphatic carbocycles. The van der Waals surface area contributed by atoms with E-state index in [1.54, 1.807) is 6.07 Å². The normalized spacial score (nSPS) is 12.2. The number of benzene rings is 1. The summed E-state index contributed by atoms with van der Waals surface area (Å²) in [4.78, 5) is 16.3. The molecule has 0 saturated carbocycles. The van der Waals surface area contributed by atoms with E-state index in [9.17, 15) is 9.90 Å². The monoisotopic (exact) mass is 478 g/mol. The molecule has 1 unspecified atom stereocenters. The molecular weight excluding hydrogens is 428 g/mol. The minimum absolute atomic E-state index is 0.279. The number of phenolic OH excluding ortho intramolecular Hbond substituents is 1. The minimum atomic E-state index is -0.959. The van der Waals surface area contributed by atoms with Gasteiger partial charge in [-0.1, -0.05) is 96.1 Å². The first-order chi connectivity index (χ1) is 16.6. The average molecular weight is 479 g/mol. The van der Waals surface area contributed by atoms with Crippen molar-refractivity contribution in [1.29, 1.82) is 0 Å². The van der Waals surface area contributed by atoms with Crippen molar-refractivity contribution in [2.45, 2.75) is 129 Å². The van der Waals surface area contributed by atoms with Crippen molar-refractivity contribution in [2.24, 2.45) is 5.73 Å². The van der Waals surface area contributed by atoms with Crippen molar-refractivity contribution in [3.05, 3.63) is 29.3 Å². The van der Waals surface area contributed by atoms with Gasteiger partial charge < -0.3 is 15.9 Å². The maximum Gasteiger partial charge on any atom is 0.320 e. The van der Waals surface area contributed by atoms with Gasteiger partial charge in [-0.05, 0) is 43.7 Å². The van der Waals surface area contributed by atoms with E-state index in [4.69, 9.17) is 15.7 Å². The van der Waals surface area contributed by atoms with Gasteiger partial charge in [-0.3, -0.25) is 9.63 Å². The highest BCUT2D eigenvalue weighted by molar-refractivity contribution is 5.72. The number of aromatic hydroxyl groups is 1. The summed E-state index contributed by atoms with van der Waals surface area (Å²) in [6.45, 7) is 3.20. The van der Waals surface area contributed by atoms with Crippen LogP contribution in [0.2, 0.25) is 0 Å². The summed E-state index contributed by atoms with van der Waals surface area (Å²) < 4.78 is 0. The van der Waals surface area contributed by atoms with E-state index in [2.05, 4.69) is 18.5 Å². The molecule has 0 saturated heterocycles. The van der Waals surface area contributed by atoms with Gasteiger partial charge in [0.15, 0.2) is 0 Å². The van der Waals surface area contributed by atoms with Crippen LogP contribution in [-0.2, 0) is 22.7 Å². The molecule has 1 aromatic rings. The zero-order valence-electron chi connectivity index (χ0n) is 21.5. The summed E-state index contributed by atoms with van der Waals surface area (Å²) in [6, 6.07) is 4.89. The molecule has 0 fully saturated rings. The third-order valence-electron chi connectivity index (χ3n) is 6.48. The van der Waals surface area contributed by atoms with Crippen molar-refractivity contribution >= 4 is 5.97 Å². The Morgan fingerprint density at radius 2 is 1.50 bits per heavy atom. The van der Waals surface area contributed by atoms with Gasteiger partial charge in [0.25, 0.3) is 0 Å². The van der Waals surface area contributed by atoms with Crippen LogP contribution in [0.1, 0.15) is 121 Å². The van der Waals surface area contributed by atoms with Crippen LogP contribution in [0.15, 0.2) is 18.2 Å². The molecule has 0 aliphatic heterocycles. The lowest BCUT2D eigenvalue weighted by atomic mass is 9.99. The van der Waals surface area contributed by atoms with Crippen molar-refractivity contribution in [2.75, 3.05) is 6.54 Å². The Bertz CT molecular complexity index is 639. The van der Waals surface area contributed by atoms with Crippen molar-refractivity contribution in [3.63, 3.8) is 0 Å². The fraction of sp³-hybridized carbons (Fsp3) is 0.750. The lowest BCUT2D eigenvalue weighted by Gasteiger charge is -2.13. The number of aryl methyl sites for hydroxylation is 1. The molecule has 1 atom stereocenters. The molecule has 5 N–H and O–H groups in total. The lowest BCUT2D eigenvalue weighted by Crippen LogP contribution is -2.30. The SMILES string of the molecule is CCCCCCCCCCCCCCCc1cccc(O)c1CONCCCCC(N)C(=O)O. The Morgan fingerprint density at radius 3 is 2.09 bits per heavy atom. The number of phenols is 1. The van der Waals surface area contributed by atoms with E-state index in [1.807, 2.05) is 6.07 Å². The van der Waals surface area contributed by atoms with Gasteiger partial charge in [0, 0.05) is 12.1 Å². The third kappa shape index (κ3) is 15.3. The van der Waals surface area contributed by atoms with Crippen LogP contribution in [-0.4, -0.2) is 28.8 Å². The minimum Gasteiger partial charge on any atom is -0.508 e. The van der Waals surface area contributed by atoms with Gasteiger partial charge in [-0.15, -0.1) is 0 Å². The molecule has 6 nitrogen and oxygen atoms in total. The highest BCUT2D eigenvalue weighted by atomic mass is 16.6. The number of rotatable bonds is 23. The second-order valence-electron chi connectivity index (χ2n) is 9.53. The third-order valence-corrected chi connectivity index (χ3v) is 6.48. The number of carboxylic acids is 1. The molecule has 0 aliphatic rings. The number of unbranched alkanes of at least 4 members (excludes halogenated alkanes) is 13.